The van der Waals surface area contributed by atoms with Crippen molar-refractivity contribution in [1.82, 2.24) is 20.4 Å². The van der Waals surface area contributed by atoms with Crippen LogP contribution in [0.4, 0.5) is 4.79 Å². The Morgan fingerprint density at radius 2 is 1.67 bits per heavy atom. The lowest BCUT2D eigenvalue weighted by Gasteiger charge is -2.18. The van der Waals surface area contributed by atoms with Gasteiger partial charge in [-0.25, -0.2) is 4.79 Å². The molecule has 172 valence electrons. The molecule has 0 radical (unpaired) electrons. The van der Waals surface area contributed by atoms with Crippen LogP contribution in [0.5, 0.6) is 0 Å². The van der Waals surface area contributed by atoms with Gasteiger partial charge < -0.3 is 9.84 Å². The van der Waals surface area contributed by atoms with Crippen LogP contribution in [0.15, 0.2) is 59.1 Å². The van der Waals surface area contributed by atoms with Crippen molar-refractivity contribution in [2.45, 2.75) is 51.5 Å². The maximum atomic E-state index is 11.6. The van der Waals surface area contributed by atoms with Crippen LogP contribution in [0.3, 0.4) is 0 Å². The fraction of sp³-hybridized carbons (Fsp3) is 0.385. The first-order valence-electron chi connectivity index (χ1n) is 11.5. The summed E-state index contributed by atoms with van der Waals surface area (Å²) < 4.78 is 5.36. The van der Waals surface area contributed by atoms with E-state index in [1.165, 1.54) is 17.5 Å². The Balaban J connectivity index is 0.000000183. The quantitative estimate of drug-likeness (QED) is 0.565. The number of nitrogens with zero attached hydrogens (tertiary/aromatic N) is 3. The summed E-state index contributed by atoms with van der Waals surface area (Å²) in [6.45, 7) is 4.44. The molecule has 7 heteroatoms. The average Bonchev–Trinajstić information content (AvgIpc) is 3.54. The molecule has 33 heavy (non-hydrogen) atoms. The topological polar surface area (TPSA) is 88.3 Å². The second kappa shape index (κ2) is 9.57. The van der Waals surface area contributed by atoms with Crippen LogP contribution in [0.2, 0.25) is 0 Å². The summed E-state index contributed by atoms with van der Waals surface area (Å²) in [5.41, 5.74) is 2.73. The van der Waals surface area contributed by atoms with Crippen LogP contribution < -0.4 is 5.32 Å². The van der Waals surface area contributed by atoms with Gasteiger partial charge in [0.15, 0.2) is 0 Å². The van der Waals surface area contributed by atoms with Crippen molar-refractivity contribution in [1.29, 1.82) is 0 Å². The molecule has 5 rings (SSSR count). The third-order valence-electron chi connectivity index (χ3n) is 6.12. The van der Waals surface area contributed by atoms with Crippen molar-refractivity contribution in [3.63, 3.8) is 0 Å². The molecular formula is C26H30N4O3. The second-order valence-electron chi connectivity index (χ2n) is 9.17. The largest absolute Gasteiger partial charge is 0.334 e. The molecule has 1 aliphatic carbocycles. The van der Waals surface area contributed by atoms with E-state index in [0.717, 1.165) is 43.2 Å². The maximum Gasteiger partial charge on any atom is 0.324 e. The van der Waals surface area contributed by atoms with E-state index < -0.39 is 5.54 Å². The monoisotopic (exact) mass is 446 g/mol. The van der Waals surface area contributed by atoms with Gasteiger partial charge in [0.25, 0.3) is 11.8 Å². The predicted molar refractivity (Wildman–Crippen MR) is 126 cm³/mol. The summed E-state index contributed by atoms with van der Waals surface area (Å²) in [6, 6.07) is 17.9. The molecule has 0 bridgehead atoms. The molecule has 2 aromatic carbocycles. The number of urea groups is 1. The first kappa shape index (κ1) is 22.7. The van der Waals surface area contributed by atoms with E-state index in [9.17, 15) is 9.59 Å². The molecule has 3 aromatic rings. The van der Waals surface area contributed by atoms with Crippen LogP contribution in [0.25, 0.3) is 22.8 Å². The van der Waals surface area contributed by atoms with E-state index in [1.54, 1.807) is 0 Å². The minimum atomic E-state index is -0.522. The van der Waals surface area contributed by atoms with E-state index in [0.29, 0.717) is 17.6 Å². The summed E-state index contributed by atoms with van der Waals surface area (Å²) in [5, 5.41) is 6.81. The highest BCUT2D eigenvalue weighted by molar-refractivity contribution is 6.06. The van der Waals surface area contributed by atoms with Gasteiger partial charge >= 0.3 is 6.03 Å². The summed E-state index contributed by atoms with van der Waals surface area (Å²) in [6.07, 6.45) is 4.78. The number of nitrogens with one attached hydrogen (secondary N) is 1. The lowest BCUT2D eigenvalue weighted by molar-refractivity contribution is -0.130. The zero-order chi connectivity index (χ0) is 23.4. The van der Waals surface area contributed by atoms with Crippen molar-refractivity contribution in [2.24, 2.45) is 5.92 Å². The minimum absolute atomic E-state index is 0.0509. The zero-order valence-corrected chi connectivity index (χ0v) is 19.4. The van der Waals surface area contributed by atoms with Crippen molar-refractivity contribution in [3.05, 3.63) is 60.2 Å². The molecule has 1 aliphatic heterocycles. The number of aromatic nitrogens is 2. The summed E-state index contributed by atoms with van der Waals surface area (Å²) >= 11 is 0. The fourth-order valence-corrected chi connectivity index (χ4v) is 4.37. The van der Waals surface area contributed by atoms with Crippen molar-refractivity contribution in [2.75, 3.05) is 7.05 Å². The van der Waals surface area contributed by atoms with Crippen LogP contribution in [-0.2, 0) is 11.2 Å². The number of carbonyl (C=O) groups is 2. The minimum Gasteiger partial charge on any atom is -0.334 e. The average molecular weight is 447 g/mol. The molecule has 7 nitrogen and oxygen atoms in total. The third kappa shape index (κ3) is 4.97. The molecule has 2 heterocycles. The highest BCUT2D eigenvalue weighted by Crippen LogP contribution is 2.34. The second-order valence-corrected chi connectivity index (χ2v) is 9.17. The van der Waals surface area contributed by atoms with Gasteiger partial charge in [-0.2, -0.15) is 4.98 Å². The van der Waals surface area contributed by atoms with Crippen LogP contribution in [0.1, 0.15) is 45.1 Å². The molecule has 2 fully saturated rings. The van der Waals surface area contributed by atoms with Gasteiger partial charge in [0.05, 0.1) is 0 Å². The van der Waals surface area contributed by atoms with Crippen molar-refractivity contribution >= 4 is 11.9 Å². The summed E-state index contributed by atoms with van der Waals surface area (Å²) in [7, 11) is 1.53. The molecular weight excluding hydrogens is 416 g/mol. The first-order chi connectivity index (χ1) is 15.9. The molecule has 0 unspecified atom stereocenters. The number of hydrogen-bond acceptors (Lipinski definition) is 5. The Hall–Kier alpha value is -3.48. The first-order valence-corrected chi connectivity index (χ1v) is 11.5. The van der Waals surface area contributed by atoms with Gasteiger partial charge in [-0.05, 0) is 42.9 Å². The predicted octanol–water partition coefficient (Wildman–Crippen LogP) is 5.08. The zero-order valence-electron chi connectivity index (χ0n) is 19.4. The number of rotatable bonds is 4. The van der Waals surface area contributed by atoms with E-state index in [4.69, 9.17) is 4.52 Å². The molecule has 0 atom stereocenters. The number of amides is 3. The number of hydrogen-bond donors (Lipinski definition) is 1. The smallest absolute Gasteiger partial charge is 0.324 e. The molecule has 2 aliphatic rings. The van der Waals surface area contributed by atoms with Gasteiger partial charge in [-0.3, -0.25) is 9.69 Å². The van der Waals surface area contributed by atoms with Gasteiger partial charge in [0, 0.05) is 18.2 Å². The number of imide groups is 1. The van der Waals surface area contributed by atoms with E-state index in [-0.39, 0.29) is 11.9 Å². The van der Waals surface area contributed by atoms with E-state index >= 15 is 0 Å². The van der Waals surface area contributed by atoms with Gasteiger partial charge in [-0.15, -0.1) is 0 Å². The Bertz CT molecular complexity index is 1100. The summed E-state index contributed by atoms with van der Waals surface area (Å²) in [5.74, 6) is 1.79. The Kier molecular flexibility index (Phi) is 6.58. The third-order valence-corrected chi connectivity index (χ3v) is 6.12. The lowest BCUT2D eigenvalue weighted by Crippen LogP contribution is -2.43. The molecule has 3 amide bonds. The van der Waals surface area contributed by atoms with Gasteiger partial charge in [-0.1, -0.05) is 74.3 Å². The number of likely N-dealkylation sites (N-methyl/N-ethyl adjacent to an activating group) is 1. The SMILES string of the molecule is CC(C)Cc1ccc(-c2nc(-c3ccccc3)no2)cc1.CN1C(=O)NC2(CCCC2)C1=O. The molecule has 1 saturated heterocycles. The maximum absolute atomic E-state index is 11.6. The Labute approximate surface area is 194 Å². The van der Waals surface area contributed by atoms with Gasteiger partial charge in [0.1, 0.15) is 5.54 Å². The van der Waals surface area contributed by atoms with Crippen molar-refractivity contribution in [3.8, 4) is 22.8 Å². The highest BCUT2D eigenvalue weighted by Gasteiger charge is 2.50. The fourth-order valence-electron chi connectivity index (χ4n) is 4.37. The van der Waals surface area contributed by atoms with E-state index in [2.05, 4.69) is 41.4 Å². The van der Waals surface area contributed by atoms with Gasteiger partial charge in [0.2, 0.25) is 5.82 Å². The van der Waals surface area contributed by atoms with Crippen LogP contribution >= 0.6 is 0 Å². The molecule has 1 aromatic heterocycles. The van der Waals surface area contributed by atoms with Crippen LogP contribution in [-0.4, -0.2) is 39.6 Å². The standard InChI is InChI=1S/C18H18N2O.C8H12N2O2/c1-13(2)12-14-8-10-16(11-9-14)18-19-17(20-21-18)15-6-4-3-5-7-15;1-10-6(11)8(9-7(10)12)4-2-3-5-8/h3-11,13H,12H2,1-2H3;2-5H2,1H3,(H,9,12). The summed E-state index contributed by atoms with van der Waals surface area (Å²) in [4.78, 5) is 28.4. The lowest BCUT2D eigenvalue weighted by atomic mass is 9.98. The highest BCUT2D eigenvalue weighted by atomic mass is 16.5. The molecule has 1 N–H and O–H groups in total. The Morgan fingerprint density at radius 1 is 1.00 bits per heavy atom. The Morgan fingerprint density at radius 3 is 2.24 bits per heavy atom. The van der Waals surface area contributed by atoms with E-state index in [1.807, 2.05) is 42.5 Å². The molecule has 1 saturated carbocycles. The normalized spacial score (nSPS) is 16.8. The van der Waals surface area contributed by atoms with Crippen molar-refractivity contribution < 1.29 is 14.1 Å². The molecule has 1 spiro atoms. The number of carbonyl (C=O) groups excluding carboxylic acids is 2. The number of benzene rings is 2. The van der Waals surface area contributed by atoms with Crippen LogP contribution in [0, 0.1) is 5.92 Å².